The Bertz CT molecular complexity index is 897. The molecule has 0 radical (unpaired) electrons. The van der Waals surface area contributed by atoms with Crippen LogP contribution in [-0.4, -0.2) is 69.2 Å². The van der Waals surface area contributed by atoms with E-state index in [2.05, 4.69) is 84.4 Å². The smallest absolute Gasteiger partial charge is 0.119 e. The average molecular weight is 422 g/mol. The van der Waals surface area contributed by atoms with E-state index in [0.717, 1.165) is 44.1 Å². The van der Waals surface area contributed by atoms with Gasteiger partial charge >= 0.3 is 0 Å². The van der Waals surface area contributed by atoms with E-state index in [0.29, 0.717) is 12.5 Å². The van der Waals surface area contributed by atoms with Crippen LogP contribution in [0.3, 0.4) is 0 Å². The minimum atomic E-state index is 0.371. The summed E-state index contributed by atoms with van der Waals surface area (Å²) in [6, 6.07) is 15.1. The minimum absolute atomic E-state index is 0.371. The minimum Gasteiger partial charge on any atom is -0.497 e. The lowest BCUT2D eigenvalue weighted by Gasteiger charge is -2.36. The zero-order valence-electron chi connectivity index (χ0n) is 19.3. The lowest BCUT2D eigenvalue weighted by atomic mass is 9.84. The number of nitrogens with zero attached hydrogens (tertiary/aromatic N) is 3. The maximum Gasteiger partial charge on any atom is 0.119 e. The number of benzene rings is 2. The number of ether oxygens (including phenoxy) is 2. The predicted molar refractivity (Wildman–Crippen MR) is 126 cm³/mol. The summed E-state index contributed by atoms with van der Waals surface area (Å²) < 4.78 is 11.4. The van der Waals surface area contributed by atoms with Gasteiger partial charge in [-0.15, -0.1) is 0 Å². The summed E-state index contributed by atoms with van der Waals surface area (Å²) in [5.41, 5.74) is 4.09. The third-order valence-corrected chi connectivity index (χ3v) is 6.43. The van der Waals surface area contributed by atoms with Crippen molar-refractivity contribution in [3.05, 3.63) is 71.1 Å². The summed E-state index contributed by atoms with van der Waals surface area (Å²) in [5.74, 6) is 3.55. The summed E-state index contributed by atoms with van der Waals surface area (Å²) in [6.45, 7) is 4.93. The third-order valence-electron chi connectivity index (χ3n) is 6.43. The molecule has 4 rings (SSSR count). The van der Waals surface area contributed by atoms with Gasteiger partial charge < -0.3 is 24.2 Å². The van der Waals surface area contributed by atoms with Gasteiger partial charge in [-0.1, -0.05) is 18.2 Å². The van der Waals surface area contributed by atoms with Gasteiger partial charge in [-0.25, -0.2) is 0 Å². The lowest BCUT2D eigenvalue weighted by molar-refractivity contribution is 0.208. The first kappa shape index (κ1) is 21.6. The second-order valence-electron chi connectivity index (χ2n) is 8.78. The van der Waals surface area contributed by atoms with Gasteiger partial charge in [-0.2, -0.15) is 0 Å². The fraction of sp³-hybridized carbons (Fsp3) is 0.462. The Morgan fingerprint density at radius 1 is 0.968 bits per heavy atom. The lowest BCUT2D eigenvalue weighted by Crippen LogP contribution is -2.38. The monoisotopic (exact) mass is 421 g/mol. The number of hydrogen-bond acceptors (Lipinski definition) is 5. The summed E-state index contributed by atoms with van der Waals surface area (Å²) in [4.78, 5) is 7.05. The summed E-state index contributed by atoms with van der Waals surface area (Å²) in [7, 11) is 8.24. The number of methoxy groups -OCH3 is 1. The molecule has 1 unspecified atom stereocenters. The van der Waals surface area contributed by atoms with E-state index >= 15 is 0 Å². The first-order valence-corrected chi connectivity index (χ1v) is 11.3. The molecule has 1 saturated heterocycles. The number of fused-ring (bicyclic) bond motifs is 1. The van der Waals surface area contributed by atoms with Crippen LogP contribution < -0.4 is 9.47 Å². The summed E-state index contributed by atoms with van der Waals surface area (Å²) >= 11 is 0. The Labute approximate surface area is 186 Å². The van der Waals surface area contributed by atoms with Crippen molar-refractivity contribution in [1.29, 1.82) is 0 Å². The summed E-state index contributed by atoms with van der Waals surface area (Å²) in [6.07, 6.45) is 4.43. The van der Waals surface area contributed by atoms with Gasteiger partial charge in [0.1, 0.15) is 11.5 Å². The Morgan fingerprint density at radius 3 is 2.39 bits per heavy atom. The van der Waals surface area contributed by atoms with Crippen LogP contribution in [0.5, 0.6) is 11.5 Å². The highest BCUT2D eigenvalue weighted by Gasteiger charge is 2.25. The van der Waals surface area contributed by atoms with Crippen molar-refractivity contribution < 1.29 is 9.47 Å². The molecule has 0 aromatic heterocycles. The van der Waals surface area contributed by atoms with Crippen molar-refractivity contribution in [2.75, 3.05) is 54.5 Å². The van der Waals surface area contributed by atoms with E-state index in [1.165, 1.54) is 28.9 Å². The molecular weight excluding hydrogens is 386 g/mol. The molecular formula is C26H35N3O2. The van der Waals surface area contributed by atoms with Gasteiger partial charge in [0.15, 0.2) is 0 Å². The van der Waals surface area contributed by atoms with Crippen molar-refractivity contribution >= 4 is 0 Å². The van der Waals surface area contributed by atoms with Gasteiger partial charge in [0.2, 0.25) is 0 Å². The molecule has 166 valence electrons. The van der Waals surface area contributed by atoms with Gasteiger partial charge in [-0.05, 0) is 60.5 Å². The Morgan fingerprint density at radius 2 is 1.68 bits per heavy atom. The van der Waals surface area contributed by atoms with Gasteiger partial charge in [-0.3, -0.25) is 0 Å². The maximum absolute atomic E-state index is 6.12. The molecule has 0 saturated carbocycles. The first-order chi connectivity index (χ1) is 15.0. The zero-order chi connectivity index (χ0) is 21.8. The van der Waals surface area contributed by atoms with Crippen LogP contribution in [0.2, 0.25) is 0 Å². The van der Waals surface area contributed by atoms with Crippen LogP contribution in [-0.2, 0) is 6.54 Å². The van der Waals surface area contributed by atoms with E-state index in [-0.39, 0.29) is 0 Å². The third kappa shape index (κ3) is 4.99. The zero-order valence-corrected chi connectivity index (χ0v) is 19.3. The van der Waals surface area contributed by atoms with E-state index in [1.807, 2.05) is 0 Å². The highest BCUT2D eigenvalue weighted by molar-refractivity contribution is 5.45. The van der Waals surface area contributed by atoms with Gasteiger partial charge in [0, 0.05) is 52.6 Å². The molecule has 1 fully saturated rings. The molecule has 2 heterocycles. The SMILES string of the molecule is COc1ccc(C2CN(C)Cc3cc(OCCC=C4N(C)CCCN4C)ccc32)cc1. The van der Waals surface area contributed by atoms with Crippen LogP contribution in [0.4, 0.5) is 0 Å². The van der Waals surface area contributed by atoms with E-state index in [9.17, 15) is 0 Å². The standard InChI is InChI=1S/C26H35N3O2/c1-27-18-21-17-23(31-16-5-7-26-28(2)14-6-15-29(26)3)12-13-24(21)25(19-27)20-8-10-22(30-4)11-9-20/h7-13,17,25H,5-6,14-16,18-19H2,1-4H3. The molecule has 0 aliphatic carbocycles. The van der Waals surface area contributed by atoms with Crippen LogP contribution in [0.1, 0.15) is 35.4 Å². The molecule has 2 aliphatic heterocycles. The fourth-order valence-corrected chi connectivity index (χ4v) is 4.78. The van der Waals surface area contributed by atoms with Crippen molar-refractivity contribution in [2.45, 2.75) is 25.3 Å². The first-order valence-electron chi connectivity index (χ1n) is 11.3. The molecule has 31 heavy (non-hydrogen) atoms. The second kappa shape index (κ2) is 9.65. The fourth-order valence-electron chi connectivity index (χ4n) is 4.78. The Balaban J connectivity index is 1.43. The highest BCUT2D eigenvalue weighted by atomic mass is 16.5. The largest absolute Gasteiger partial charge is 0.497 e. The van der Waals surface area contributed by atoms with Gasteiger partial charge in [0.25, 0.3) is 0 Å². The van der Waals surface area contributed by atoms with Crippen LogP contribution >= 0.6 is 0 Å². The molecule has 2 aromatic carbocycles. The molecule has 1 atom stereocenters. The maximum atomic E-state index is 6.12. The predicted octanol–water partition coefficient (Wildman–Crippen LogP) is 4.15. The van der Waals surface area contributed by atoms with Gasteiger partial charge in [0.05, 0.1) is 19.5 Å². The van der Waals surface area contributed by atoms with Crippen LogP contribution in [0, 0.1) is 0 Å². The molecule has 0 N–H and O–H groups in total. The number of likely N-dealkylation sites (N-methyl/N-ethyl adjacent to an activating group) is 1. The molecule has 0 bridgehead atoms. The van der Waals surface area contributed by atoms with Crippen LogP contribution in [0.15, 0.2) is 54.4 Å². The van der Waals surface area contributed by atoms with Crippen molar-refractivity contribution in [2.24, 2.45) is 0 Å². The molecule has 2 aromatic rings. The molecule has 2 aliphatic rings. The van der Waals surface area contributed by atoms with E-state index in [4.69, 9.17) is 9.47 Å². The topological polar surface area (TPSA) is 28.2 Å². The molecule has 5 heteroatoms. The van der Waals surface area contributed by atoms with E-state index < -0.39 is 0 Å². The highest BCUT2D eigenvalue weighted by Crippen LogP contribution is 2.35. The van der Waals surface area contributed by atoms with E-state index in [1.54, 1.807) is 7.11 Å². The average Bonchev–Trinajstić information content (AvgIpc) is 2.77. The second-order valence-corrected chi connectivity index (χ2v) is 8.78. The molecule has 0 spiro atoms. The van der Waals surface area contributed by atoms with Crippen LogP contribution in [0.25, 0.3) is 0 Å². The van der Waals surface area contributed by atoms with Crippen molar-refractivity contribution in [3.8, 4) is 11.5 Å². The molecule has 0 amide bonds. The Kier molecular flexibility index (Phi) is 6.71. The normalized spacial score (nSPS) is 19.2. The summed E-state index contributed by atoms with van der Waals surface area (Å²) in [5, 5.41) is 0. The Hall–Kier alpha value is -2.66. The number of rotatable bonds is 6. The van der Waals surface area contributed by atoms with Crippen molar-refractivity contribution in [3.63, 3.8) is 0 Å². The molecule has 5 nitrogen and oxygen atoms in total. The van der Waals surface area contributed by atoms with Crippen molar-refractivity contribution in [1.82, 2.24) is 14.7 Å². The quantitative estimate of drug-likeness (QED) is 0.654. The number of hydrogen-bond donors (Lipinski definition) is 0.